The van der Waals surface area contributed by atoms with Crippen molar-refractivity contribution in [1.29, 1.82) is 0 Å². The predicted octanol–water partition coefficient (Wildman–Crippen LogP) is 1.66. The van der Waals surface area contributed by atoms with E-state index in [2.05, 4.69) is 16.9 Å². The van der Waals surface area contributed by atoms with Gasteiger partial charge in [0.1, 0.15) is 0 Å². The fraction of sp³-hybridized carbons (Fsp3) is 0.385. The Kier molecular flexibility index (Phi) is 1.35. The summed E-state index contributed by atoms with van der Waals surface area (Å²) in [7, 11) is 0. The Morgan fingerprint density at radius 3 is 1.94 bits per heavy atom. The first kappa shape index (κ1) is 8.50. The van der Waals surface area contributed by atoms with Gasteiger partial charge in [0, 0.05) is 12.8 Å². The highest BCUT2D eigenvalue weighted by Crippen LogP contribution is 2.51. The smallest absolute Gasteiger partial charge is 0.342 e. The van der Waals surface area contributed by atoms with E-state index < -0.39 is 11.9 Å². The largest absolute Gasteiger partial charge is 0.386 e. The molecule has 0 saturated carbocycles. The monoisotopic (exact) mass is 214 g/mol. The van der Waals surface area contributed by atoms with Crippen LogP contribution in [0, 0.1) is 11.8 Å². The molecule has 0 saturated heterocycles. The van der Waals surface area contributed by atoms with E-state index in [9.17, 15) is 9.59 Å². The molecule has 0 spiro atoms. The molecule has 3 aliphatic carbocycles. The molecule has 0 radical (unpaired) electrons. The fourth-order valence-electron chi connectivity index (χ4n) is 3.37. The third-order valence-electron chi connectivity index (χ3n) is 4.17. The number of hydrogen-bond donors (Lipinski definition) is 0. The molecule has 1 heterocycles. The number of carbonyl (C=O) groups excluding carboxylic acids is 2. The molecule has 0 aromatic carbocycles. The third-order valence-corrected chi connectivity index (χ3v) is 4.17. The molecular weight excluding hydrogens is 204 g/mol. The van der Waals surface area contributed by atoms with E-state index >= 15 is 0 Å². The number of cyclic esters (lactones) is 2. The molecule has 0 unspecified atom stereocenters. The van der Waals surface area contributed by atoms with Gasteiger partial charge in [-0.15, -0.1) is 0 Å². The van der Waals surface area contributed by atoms with Crippen LogP contribution in [0.5, 0.6) is 0 Å². The van der Waals surface area contributed by atoms with E-state index in [0.29, 0.717) is 35.8 Å². The van der Waals surface area contributed by atoms with Crippen LogP contribution in [0.15, 0.2) is 34.4 Å². The number of carbonyl (C=O) groups is 2. The number of esters is 2. The van der Waals surface area contributed by atoms with Crippen LogP contribution in [0.2, 0.25) is 0 Å². The van der Waals surface area contributed by atoms with Crippen molar-refractivity contribution in [3.05, 3.63) is 34.4 Å². The molecule has 0 aromatic rings. The van der Waals surface area contributed by atoms with Gasteiger partial charge < -0.3 is 4.74 Å². The fourth-order valence-corrected chi connectivity index (χ4v) is 3.37. The Balaban J connectivity index is 1.78. The minimum atomic E-state index is -0.418. The van der Waals surface area contributed by atoms with Crippen LogP contribution in [0.3, 0.4) is 0 Å². The van der Waals surface area contributed by atoms with Gasteiger partial charge >= 0.3 is 11.9 Å². The Hall–Kier alpha value is -1.64. The minimum Gasteiger partial charge on any atom is -0.386 e. The second-order valence-corrected chi connectivity index (χ2v) is 4.87. The maximum Gasteiger partial charge on any atom is 0.342 e. The van der Waals surface area contributed by atoms with Gasteiger partial charge in [-0.2, -0.15) is 0 Å². The van der Waals surface area contributed by atoms with Gasteiger partial charge in [0.05, 0.1) is 11.1 Å². The van der Waals surface area contributed by atoms with E-state index in [0.717, 1.165) is 6.42 Å². The summed E-state index contributed by atoms with van der Waals surface area (Å²) in [5.41, 5.74) is 3.98. The molecule has 2 bridgehead atoms. The van der Waals surface area contributed by atoms with E-state index in [4.69, 9.17) is 0 Å². The van der Waals surface area contributed by atoms with Crippen LogP contribution in [-0.2, 0) is 14.3 Å². The summed E-state index contributed by atoms with van der Waals surface area (Å²) in [5, 5.41) is 0. The van der Waals surface area contributed by atoms with Gasteiger partial charge in [0.2, 0.25) is 0 Å². The van der Waals surface area contributed by atoms with Gasteiger partial charge in [-0.05, 0) is 18.3 Å². The molecule has 2 atom stereocenters. The molecule has 4 rings (SSSR count). The normalized spacial score (nSPS) is 34.8. The summed E-state index contributed by atoms with van der Waals surface area (Å²) in [6, 6.07) is 0. The molecule has 16 heavy (non-hydrogen) atoms. The SMILES string of the molecule is O=C1OC(=O)C2=C1CC1=C(C2)[C@H]2C=C[C@@H]1C2. The summed E-state index contributed by atoms with van der Waals surface area (Å²) in [4.78, 5) is 22.9. The quantitative estimate of drug-likeness (QED) is 0.350. The molecule has 80 valence electrons. The summed E-state index contributed by atoms with van der Waals surface area (Å²) in [5.74, 6) is 0.187. The third kappa shape index (κ3) is 0.848. The zero-order valence-electron chi connectivity index (χ0n) is 8.66. The van der Waals surface area contributed by atoms with Crippen LogP contribution in [0.4, 0.5) is 0 Å². The summed E-state index contributed by atoms with van der Waals surface area (Å²) in [6.07, 6.45) is 6.89. The molecule has 0 aromatic heterocycles. The molecular formula is C13H10O3. The van der Waals surface area contributed by atoms with Crippen molar-refractivity contribution >= 4 is 11.9 Å². The van der Waals surface area contributed by atoms with Crippen molar-refractivity contribution in [2.45, 2.75) is 19.3 Å². The zero-order valence-corrected chi connectivity index (χ0v) is 8.66. The molecule has 3 heteroatoms. The van der Waals surface area contributed by atoms with Crippen molar-refractivity contribution in [3.8, 4) is 0 Å². The van der Waals surface area contributed by atoms with Crippen LogP contribution >= 0.6 is 0 Å². The zero-order chi connectivity index (χ0) is 10.9. The van der Waals surface area contributed by atoms with E-state index in [1.54, 1.807) is 0 Å². The average Bonchev–Trinajstić information content (AvgIpc) is 2.93. The Bertz CT molecular complexity index is 489. The lowest BCUT2D eigenvalue weighted by Crippen LogP contribution is -2.10. The summed E-state index contributed by atoms with van der Waals surface area (Å²) >= 11 is 0. The highest BCUT2D eigenvalue weighted by molar-refractivity contribution is 6.13. The second-order valence-electron chi connectivity index (χ2n) is 4.87. The molecule has 1 aliphatic heterocycles. The first-order valence-corrected chi connectivity index (χ1v) is 5.62. The minimum absolute atomic E-state index is 0.418. The van der Waals surface area contributed by atoms with Crippen molar-refractivity contribution in [3.63, 3.8) is 0 Å². The predicted molar refractivity (Wildman–Crippen MR) is 55.1 cm³/mol. The van der Waals surface area contributed by atoms with Gasteiger partial charge in [-0.25, -0.2) is 9.59 Å². The van der Waals surface area contributed by atoms with Gasteiger partial charge in [0.25, 0.3) is 0 Å². The first-order valence-electron chi connectivity index (χ1n) is 5.62. The van der Waals surface area contributed by atoms with Gasteiger partial charge in [-0.1, -0.05) is 23.3 Å². The molecule has 0 fully saturated rings. The molecule has 0 amide bonds. The first-order chi connectivity index (χ1) is 7.74. The van der Waals surface area contributed by atoms with E-state index in [-0.39, 0.29) is 0 Å². The number of rotatable bonds is 0. The maximum absolute atomic E-state index is 11.5. The Morgan fingerprint density at radius 1 is 0.938 bits per heavy atom. The van der Waals surface area contributed by atoms with E-state index in [1.807, 2.05) is 0 Å². The van der Waals surface area contributed by atoms with Crippen LogP contribution in [-0.4, -0.2) is 11.9 Å². The number of fused-ring (bicyclic) bond motifs is 4. The van der Waals surface area contributed by atoms with Gasteiger partial charge in [0.15, 0.2) is 0 Å². The lowest BCUT2D eigenvalue weighted by Gasteiger charge is -2.20. The number of allylic oxidation sites excluding steroid dienone is 4. The molecule has 3 nitrogen and oxygen atoms in total. The Morgan fingerprint density at radius 2 is 1.44 bits per heavy atom. The maximum atomic E-state index is 11.5. The van der Waals surface area contributed by atoms with Crippen LogP contribution in [0.1, 0.15) is 19.3 Å². The van der Waals surface area contributed by atoms with Crippen molar-refractivity contribution in [1.82, 2.24) is 0 Å². The second kappa shape index (κ2) is 2.54. The summed E-state index contributed by atoms with van der Waals surface area (Å²) in [6.45, 7) is 0. The highest BCUT2D eigenvalue weighted by atomic mass is 16.6. The van der Waals surface area contributed by atoms with Crippen molar-refractivity contribution in [2.24, 2.45) is 11.8 Å². The molecule has 4 aliphatic rings. The summed E-state index contributed by atoms with van der Waals surface area (Å²) < 4.78 is 4.67. The van der Waals surface area contributed by atoms with Crippen LogP contribution in [0.25, 0.3) is 0 Å². The lowest BCUT2D eigenvalue weighted by atomic mass is 9.82. The van der Waals surface area contributed by atoms with Gasteiger partial charge in [-0.3, -0.25) is 0 Å². The molecule has 0 N–H and O–H groups in total. The van der Waals surface area contributed by atoms with Crippen molar-refractivity contribution < 1.29 is 14.3 Å². The van der Waals surface area contributed by atoms with Crippen molar-refractivity contribution in [2.75, 3.05) is 0 Å². The topological polar surface area (TPSA) is 43.4 Å². The van der Waals surface area contributed by atoms with E-state index in [1.165, 1.54) is 11.1 Å². The number of hydrogen-bond acceptors (Lipinski definition) is 3. The average molecular weight is 214 g/mol. The number of ether oxygens (including phenoxy) is 1. The Labute approximate surface area is 92.5 Å². The van der Waals surface area contributed by atoms with Crippen LogP contribution < -0.4 is 0 Å². The lowest BCUT2D eigenvalue weighted by molar-refractivity contribution is -0.151. The standard InChI is InChI=1S/C13H10O3/c14-12-10-4-8-6-1-2-7(3-6)9(8)5-11(10)13(15)16-12/h1-2,6-7H,3-5H2/t6-,7+. The highest BCUT2D eigenvalue weighted by Gasteiger charge is 2.44.